The van der Waals surface area contributed by atoms with Gasteiger partial charge < -0.3 is 9.13 Å². The first-order valence-corrected chi connectivity index (χ1v) is 13.9. The van der Waals surface area contributed by atoms with Gasteiger partial charge in [-0.05, 0) is 29.8 Å². The second-order valence-corrected chi connectivity index (χ2v) is 10.4. The van der Waals surface area contributed by atoms with Gasteiger partial charge in [0, 0.05) is 27.1 Å². The Kier molecular flexibility index (Phi) is 5.41. The first-order chi connectivity index (χ1) is 21.2. The SMILES string of the molecule is [C-]#[N+]c1c(F)c(C#N)c(-n2c3ccccc3c3ccccc32)c(-c2ccccc2)c1-n1c2ccccc2c2ccccc21. The Labute approximate surface area is 246 Å². The van der Waals surface area contributed by atoms with Crippen LogP contribution in [0, 0.1) is 23.7 Å². The molecule has 0 atom stereocenters. The summed E-state index contributed by atoms with van der Waals surface area (Å²) in [6.45, 7) is 8.24. The van der Waals surface area contributed by atoms with Crippen LogP contribution < -0.4 is 0 Å². The maximum atomic E-state index is 16.8. The minimum absolute atomic E-state index is 0.166. The molecule has 6 aromatic carbocycles. The third-order valence-corrected chi connectivity index (χ3v) is 8.26. The molecule has 0 saturated carbocycles. The largest absolute Gasteiger partial charge is 0.318 e. The van der Waals surface area contributed by atoms with Crippen molar-refractivity contribution in [3.05, 3.63) is 150 Å². The molecule has 0 aliphatic carbocycles. The van der Waals surface area contributed by atoms with Crippen molar-refractivity contribution >= 4 is 49.3 Å². The maximum absolute atomic E-state index is 16.8. The van der Waals surface area contributed by atoms with E-state index >= 15 is 4.39 Å². The van der Waals surface area contributed by atoms with Crippen LogP contribution in [-0.2, 0) is 0 Å². The van der Waals surface area contributed by atoms with Crippen molar-refractivity contribution in [1.82, 2.24) is 9.13 Å². The van der Waals surface area contributed by atoms with Crippen LogP contribution in [0.25, 0.3) is 71.0 Å². The molecule has 0 aliphatic heterocycles. The van der Waals surface area contributed by atoms with Crippen molar-refractivity contribution in [2.24, 2.45) is 0 Å². The summed E-state index contributed by atoms with van der Waals surface area (Å²) in [6, 6.07) is 43.7. The van der Waals surface area contributed by atoms with E-state index < -0.39 is 5.82 Å². The third-order valence-electron chi connectivity index (χ3n) is 8.26. The number of rotatable bonds is 3. The Morgan fingerprint density at radius 2 is 0.953 bits per heavy atom. The fourth-order valence-electron chi connectivity index (χ4n) is 6.53. The van der Waals surface area contributed by atoms with Crippen molar-refractivity contribution in [3.63, 3.8) is 0 Å². The summed E-state index contributed by atoms with van der Waals surface area (Å²) in [6.07, 6.45) is 0. The van der Waals surface area contributed by atoms with Crippen LogP contribution in [0.4, 0.5) is 10.1 Å². The Morgan fingerprint density at radius 1 is 0.558 bits per heavy atom. The van der Waals surface area contributed by atoms with Gasteiger partial charge >= 0.3 is 0 Å². The van der Waals surface area contributed by atoms with E-state index in [1.54, 1.807) is 0 Å². The number of benzene rings is 6. The van der Waals surface area contributed by atoms with E-state index in [4.69, 9.17) is 6.57 Å². The standard InChI is InChI=1S/C38H21FN4/c1-41-36-35(39)29(23-40)37(42-30-19-9-5-15-25(30)26-16-6-10-20-31(26)42)34(24-13-3-2-4-14-24)38(36)43-32-21-11-7-17-27(32)28-18-8-12-22-33(28)43/h2-22H. The van der Waals surface area contributed by atoms with Gasteiger partial charge in [0.2, 0.25) is 5.69 Å². The smallest absolute Gasteiger partial charge is 0.247 e. The molecule has 5 heteroatoms. The van der Waals surface area contributed by atoms with Gasteiger partial charge in [-0.1, -0.05) is 103 Å². The molecule has 43 heavy (non-hydrogen) atoms. The molecular formula is C38H21FN4. The molecule has 2 aromatic heterocycles. The third kappa shape index (κ3) is 3.40. The Bertz CT molecular complexity index is 2230. The minimum Gasteiger partial charge on any atom is -0.318 e. The number of fused-ring (bicyclic) bond motifs is 6. The van der Waals surface area contributed by atoms with E-state index in [0.29, 0.717) is 16.9 Å². The average Bonchev–Trinajstić information content (AvgIpc) is 3.57. The highest BCUT2D eigenvalue weighted by Gasteiger charge is 2.30. The molecule has 0 radical (unpaired) electrons. The normalized spacial score (nSPS) is 11.3. The first-order valence-electron chi connectivity index (χ1n) is 13.9. The van der Waals surface area contributed by atoms with Crippen LogP contribution in [0.2, 0.25) is 0 Å². The zero-order valence-corrected chi connectivity index (χ0v) is 22.8. The molecule has 0 bridgehead atoms. The number of para-hydroxylation sites is 4. The monoisotopic (exact) mass is 552 g/mol. The van der Waals surface area contributed by atoms with E-state index in [2.05, 4.69) is 10.9 Å². The van der Waals surface area contributed by atoms with Gasteiger partial charge in [0.05, 0.1) is 40.0 Å². The van der Waals surface area contributed by atoms with Crippen LogP contribution in [0.3, 0.4) is 0 Å². The van der Waals surface area contributed by atoms with Crippen molar-refractivity contribution in [1.29, 1.82) is 5.26 Å². The van der Waals surface area contributed by atoms with Crippen molar-refractivity contribution in [2.75, 3.05) is 0 Å². The van der Waals surface area contributed by atoms with Gasteiger partial charge in [0.1, 0.15) is 11.6 Å². The lowest BCUT2D eigenvalue weighted by molar-refractivity contribution is 0.628. The molecule has 0 N–H and O–H groups in total. The molecule has 0 saturated heterocycles. The molecule has 2 heterocycles. The van der Waals surface area contributed by atoms with E-state index in [9.17, 15) is 5.26 Å². The Morgan fingerprint density at radius 3 is 1.37 bits per heavy atom. The highest BCUT2D eigenvalue weighted by atomic mass is 19.1. The number of aromatic nitrogens is 2. The van der Waals surface area contributed by atoms with Gasteiger partial charge in [-0.25, -0.2) is 9.24 Å². The molecule has 0 spiro atoms. The first kappa shape index (κ1) is 24.6. The van der Waals surface area contributed by atoms with E-state index in [1.807, 2.05) is 137 Å². The van der Waals surface area contributed by atoms with Gasteiger partial charge in [-0.2, -0.15) is 5.26 Å². The predicted octanol–water partition coefficient (Wildman–Crippen LogP) is 10.1. The number of nitriles is 1. The summed E-state index contributed by atoms with van der Waals surface area (Å²) < 4.78 is 20.8. The number of hydrogen-bond donors (Lipinski definition) is 0. The average molecular weight is 553 g/mol. The lowest BCUT2D eigenvalue weighted by atomic mass is 9.95. The summed E-state index contributed by atoms with van der Waals surface area (Å²) in [4.78, 5) is 3.78. The van der Waals surface area contributed by atoms with Gasteiger partial charge in [0.15, 0.2) is 5.82 Å². The molecule has 4 nitrogen and oxygen atoms in total. The van der Waals surface area contributed by atoms with Gasteiger partial charge in [-0.15, -0.1) is 0 Å². The molecule has 200 valence electrons. The number of hydrogen-bond acceptors (Lipinski definition) is 1. The van der Waals surface area contributed by atoms with Crippen LogP contribution in [0.1, 0.15) is 5.56 Å². The predicted molar refractivity (Wildman–Crippen MR) is 171 cm³/mol. The van der Waals surface area contributed by atoms with Crippen LogP contribution in [0.15, 0.2) is 127 Å². The molecule has 0 fully saturated rings. The van der Waals surface area contributed by atoms with Gasteiger partial charge in [0.25, 0.3) is 0 Å². The highest BCUT2D eigenvalue weighted by molar-refractivity contribution is 6.13. The van der Waals surface area contributed by atoms with Crippen LogP contribution in [0.5, 0.6) is 0 Å². The Balaban J connectivity index is 1.69. The van der Waals surface area contributed by atoms with E-state index in [0.717, 1.165) is 49.2 Å². The zero-order chi connectivity index (χ0) is 29.1. The summed E-state index contributed by atoms with van der Waals surface area (Å²) in [7, 11) is 0. The lowest BCUT2D eigenvalue weighted by Gasteiger charge is -2.23. The summed E-state index contributed by atoms with van der Waals surface area (Å²) in [5.74, 6) is -0.828. The topological polar surface area (TPSA) is 38.0 Å². The maximum Gasteiger partial charge on any atom is 0.247 e. The van der Waals surface area contributed by atoms with Crippen LogP contribution in [-0.4, -0.2) is 9.13 Å². The van der Waals surface area contributed by atoms with Gasteiger partial charge in [-0.3, -0.25) is 0 Å². The molecule has 0 unspecified atom stereocenters. The fourth-order valence-corrected chi connectivity index (χ4v) is 6.53. The lowest BCUT2D eigenvalue weighted by Crippen LogP contribution is -2.09. The van der Waals surface area contributed by atoms with Crippen molar-refractivity contribution < 1.29 is 4.39 Å². The molecule has 8 aromatic rings. The zero-order valence-electron chi connectivity index (χ0n) is 22.8. The number of halogens is 1. The summed E-state index contributed by atoms with van der Waals surface area (Å²) in [5.41, 5.74) is 5.25. The van der Waals surface area contributed by atoms with E-state index in [1.165, 1.54) is 0 Å². The van der Waals surface area contributed by atoms with Crippen molar-refractivity contribution in [3.8, 4) is 28.6 Å². The van der Waals surface area contributed by atoms with Crippen molar-refractivity contribution in [2.45, 2.75) is 0 Å². The summed E-state index contributed by atoms with van der Waals surface area (Å²) >= 11 is 0. The summed E-state index contributed by atoms with van der Waals surface area (Å²) in [5, 5.41) is 14.6. The second-order valence-electron chi connectivity index (χ2n) is 10.4. The van der Waals surface area contributed by atoms with E-state index in [-0.39, 0.29) is 11.3 Å². The fraction of sp³-hybridized carbons (Fsp3) is 0. The second kappa shape index (κ2) is 9.45. The number of nitrogens with zero attached hydrogens (tertiary/aromatic N) is 4. The molecule has 0 amide bonds. The highest BCUT2D eigenvalue weighted by Crippen LogP contribution is 2.48. The molecule has 0 aliphatic rings. The molecule has 8 rings (SSSR count). The quantitative estimate of drug-likeness (QED) is 0.201. The minimum atomic E-state index is -0.828. The Hall–Kier alpha value is -6.17. The molecular weight excluding hydrogens is 531 g/mol. The van der Waals surface area contributed by atoms with Crippen LogP contribution >= 0.6 is 0 Å².